The molecule has 0 atom stereocenters. The average molecular weight is 397 g/mol. The van der Waals surface area contributed by atoms with Crippen molar-refractivity contribution in [2.24, 2.45) is 0 Å². The van der Waals surface area contributed by atoms with Gasteiger partial charge >= 0.3 is 0 Å². The number of carbonyl (C=O) groups excluding carboxylic acids is 1. The highest BCUT2D eigenvalue weighted by Gasteiger charge is 2.27. The third-order valence-corrected chi connectivity index (χ3v) is 6.67. The van der Waals surface area contributed by atoms with Gasteiger partial charge in [0.2, 0.25) is 0 Å². The number of aromatic nitrogens is 2. The van der Waals surface area contributed by atoms with Crippen molar-refractivity contribution in [1.82, 2.24) is 10.1 Å². The first kappa shape index (κ1) is 16.6. The number of anilines is 1. The van der Waals surface area contributed by atoms with Gasteiger partial charge in [-0.3, -0.25) is 4.79 Å². The van der Waals surface area contributed by atoms with Crippen LogP contribution in [0.25, 0.3) is 21.5 Å². The lowest BCUT2D eigenvalue weighted by Gasteiger charge is -2.12. The molecule has 1 aliphatic rings. The Morgan fingerprint density at radius 1 is 1.26 bits per heavy atom. The highest BCUT2D eigenvalue weighted by molar-refractivity contribution is 7.21. The molecule has 0 unspecified atom stereocenters. The Bertz CT molecular complexity index is 1130. The molecule has 0 aliphatic carbocycles. The summed E-state index contributed by atoms with van der Waals surface area (Å²) in [6.45, 7) is 2.97. The number of aryl methyl sites for hydroxylation is 1. The van der Waals surface area contributed by atoms with Gasteiger partial charge in [-0.1, -0.05) is 23.4 Å². The molecule has 4 aromatic rings. The van der Waals surface area contributed by atoms with Gasteiger partial charge < -0.3 is 14.6 Å². The lowest BCUT2D eigenvalue weighted by atomic mass is 10.1. The minimum Gasteiger partial charge on any atom is -0.376 e. The first-order chi connectivity index (χ1) is 13.2. The van der Waals surface area contributed by atoms with Gasteiger partial charge in [-0.2, -0.15) is 4.98 Å². The quantitative estimate of drug-likeness (QED) is 0.545. The van der Waals surface area contributed by atoms with Crippen LogP contribution < -0.4 is 5.32 Å². The average Bonchev–Trinajstić information content (AvgIpc) is 3.37. The van der Waals surface area contributed by atoms with E-state index in [4.69, 9.17) is 9.26 Å². The fraction of sp³-hybridized carbons (Fsp3) is 0.211. The van der Waals surface area contributed by atoms with E-state index in [0.29, 0.717) is 29.8 Å². The van der Waals surface area contributed by atoms with Crippen LogP contribution in [0.2, 0.25) is 0 Å². The first-order valence-electron chi connectivity index (χ1n) is 8.52. The van der Waals surface area contributed by atoms with Crippen LogP contribution in [-0.2, 0) is 17.8 Å². The van der Waals surface area contributed by atoms with Crippen molar-refractivity contribution in [1.29, 1.82) is 0 Å². The second-order valence-electron chi connectivity index (χ2n) is 6.26. The lowest BCUT2D eigenvalue weighted by Crippen LogP contribution is -2.10. The lowest BCUT2D eigenvalue weighted by molar-refractivity contribution is 0.103. The molecule has 0 saturated heterocycles. The molecule has 0 fully saturated rings. The largest absolute Gasteiger partial charge is 0.376 e. The van der Waals surface area contributed by atoms with Crippen LogP contribution in [0.15, 0.2) is 34.9 Å². The number of ether oxygens (including phenoxy) is 1. The van der Waals surface area contributed by atoms with Crippen molar-refractivity contribution in [2.45, 2.75) is 20.0 Å². The van der Waals surface area contributed by atoms with Crippen LogP contribution in [0.5, 0.6) is 0 Å². The fourth-order valence-corrected chi connectivity index (χ4v) is 5.33. The Hall–Kier alpha value is -2.55. The predicted molar refractivity (Wildman–Crippen MR) is 105 cm³/mol. The van der Waals surface area contributed by atoms with Gasteiger partial charge in [-0.25, -0.2) is 0 Å². The highest BCUT2D eigenvalue weighted by atomic mass is 32.1. The van der Waals surface area contributed by atoms with Crippen LogP contribution >= 0.6 is 22.7 Å². The first-order valence-corrected chi connectivity index (χ1v) is 10.2. The van der Waals surface area contributed by atoms with Crippen molar-refractivity contribution < 1.29 is 14.1 Å². The van der Waals surface area contributed by atoms with E-state index in [1.807, 2.05) is 30.3 Å². The van der Waals surface area contributed by atoms with Gasteiger partial charge in [0.1, 0.15) is 5.00 Å². The molecule has 4 heterocycles. The maximum absolute atomic E-state index is 12.9. The van der Waals surface area contributed by atoms with Crippen LogP contribution in [0, 0.1) is 6.92 Å². The summed E-state index contributed by atoms with van der Waals surface area (Å²) in [5, 5.41) is 8.77. The number of amides is 1. The number of benzene rings is 1. The van der Waals surface area contributed by atoms with Crippen LogP contribution in [0.3, 0.4) is 0 Å². The van der Waals surface area contributed by atoms with E-state index in [2.05, 4.69) is 15.5 Å². The molecule has 1 amide bonds. The zero-order chi connectivity index (χ0) is 18.4. The molecule has 5 rings (SSSR count). The summed E-state index contributed by atoms with van der Waals surface area (Å²) >= 11 is 3.00. The fourth-order valence-electron chi connectivity index (χ4n) is 3.20. The monoisotopic (exact) mass is 397 g/mol. The van der Waals surface area contributed by atoms with E-state index in [9.17, 15) is 4.79 Å². The van der Waals surface area contributed by atoms with Crippen molar-refractivity contribution in [3.05, 3.63) is 51.5 Å². The van der Waals surface area contributed by atoms with Gasteiger partial charge in [-0.15, -0.1) is 22.7 Å². The van der Waals surface area contributed by atoms with Crippen LogP contribution in [0.4, 0.5) is 5.00 Å². The standard InChI is InChI=1S/C19H15N3O3S2/c1-10-20-18(25-22-10)16-12-6-7-24-9-15(12)27-19(16)21-17(23)14-8-11-4-2-3-5-13(11)26-14/h2-5,8H,6-7,9H2,1H3,(H,21,23). The van der Waals surface area contributed by atoms with Gasteiger partial charge in [0, 0.05) is 9.58 Å². The van der Waals surface area contributed by atoms with Gasteiger partial charge in [0.05, 0.1) is 23.7 Å². The van der Waals surface area contributed by atoms with Crippen molar-refractivity contribution in [2.75, 3.05) is 11.9 Å². The molecule has 3 aromatic heterocycles. The van der Waals surface area contributed by atoms with Gasteiger partial charge in [0.25, 0.3) is 11.8 Å². The molecular weight excluding hydrogens is 382 g/mol. The number of rotatable bonds is 3. The predicted octanol–water partition coefficient (Wildman–Crippen LogP) is 4.65. The van der Waals surface area contributed by atoms with Crippen LogP contribution in [-0.4, -0.2) is 22.7 Å². The minimum atomic E-state index is -0.131. The third-order valence-electron chi connectivity index (χ3n) is 4.44. The molecular formula is C19H15N3O3S2. The minimum absolute atomic E-state index is 0.131. The Kier molecular flexibility index (Phi) is 4.04. The summed E-state index contributed by atoms with van der Waals surface area (Å²) in [6.07, 6.45) is 0.765. The molecule has 0 saturated carbocycles. The van der Waals surface area contributed by atoms with E-state index >= 15 is 0 Å². The second kappa shape index (κ2) is 6.56. The second-order valence-corrected chi connectivity index (χ2v) is 8.45. The number of nitrogens with one attached hydrogen (secondary N) is 1. The Morgan fingerprint density at radius 3 is 2.96 bits per heavy atom. The summed E-state index contributed by atoms with van der Waals surface area (Å²) in [4.78, 5) is 19.0. The highest BCUT2D eigenvalue weighted by Crippen LogP contribution is 2.43. The normalized spacial score (nSPS) is 13.7. The van der Waals surface area contributed by atoms with Crippen molar-refractivity contribution in [3.63, 3.8) is 0 Å². The zero-order valence-corrected chi connectivity index (χ0v) is 16.1. The molecule has 0 spiro atoms. The van der Waals surface area contributed by atoms with Crippen molar-refractivity contribution in [3.8, 4) is 11.5 Å². The summed E-state index contributed by atoms with van der Waals surface area (Å²) in [5.41, 5.74) is 1.95. The molecule has 8 heteroatoms. The van der Waals surface area contributed by atoms with E-state index in [1.54, 1.807) is 6.92 Å². The van der Waals surface area contributed by atoms with E-state index < -0.39 is 0 Å². The number of nitrogens with zero attached hydrogens (tertiary/aromatic N) is 2. The van der Waals surface area contributed by atoms with E-state index in [0.717, 1.165) is 37.5 Å². The van der Waals surface area contributed by atoms with Gasteiger partial charge in [-0.05, 0) is 36.4 Å². The van der Waals surface area contributed by atoms with E-state index in [-0.39, 0.29) is 5.91 Å². The zero-order valence-electron chi connectivity index (χ0n) is 14.4. The van der Waals surface area contributed by atoms with E-state index in [1.165, 1.54) is 22.7 Å². The number of fused-ring (bicyclic) bond motifs is 2. The smallest absolute Gasteiger partial charge is 0.266 e. The Balaban J connectivity index is 1.54. The summed E-state index contributed by atoms with van der Waals surface area (Å²) in [7, 11) is 0. The third kappa shape index (κ3) is 2.95. The molecule has 1 aromatic carbocycles. The topological polar surface area (TPSA) is 77.2 Å². The summed E-state index contributed by atoms with van der Waals surface area (Å²) < 4.78 is 12.1. The van der Waals surface area contributed by atoms with Gasteiger partial charge in [0.15, 0.2) is 5.82 Å². The number of carbonyl (C=O) groups is 1. The van der Waals surface area contributed by atoms with Crippen molar-refractivity contribution >= 4 is 43.7 Å². The Morgan fingerprint density at radius 2 is 2.15 bits per heavy atom. The molecule has 1 N–H and O–H groups in total. The number of hydrogen-bond acceptors (Lipinski definition) is 7. The maximum atomic E-state index is 12.9. The molecule has 6 nitrogen and oxygen atoms in total. The van der Waals surface area contributed by atoms with Crippen LogP contribution in [0.1, 0.15) is 25.9 Å². The maximum Gasteiger partial charge on any atom is 0.266 e. The number of thiophene rings is 2. The Labute approximate surface area is 162 Å². The summed E-state index contributed by atoms with van der Waals surface area (Å²) in [5.74, 6) is 0.880. The SMILES string of the molecule is Cc1noc(-c2c(NC(=O)c3cc4ccccc4s3)sc3c2CCOC3)n1. The molecule has 136 valence electrons. The molecule has 27 heavy (non-hydrogen) atoms. The number of hydrogen-bond donors (Lipinski definition) is 1. The molecule has 0 radical (unpaired) electrons. The molecule has 0 bridgehead atoms. The molecule has 1 aliphatic heterocycles. The summed E-state index contributed by atoms with van der Waals surface area (Å²) in [6, 6.07) is 9.90.